The number of aromatic amines is 1. The van der Waals surface area contributed by atoms with Crippen LogP contribution in [0.5, 0.6) is 5.75 Å². The number of rotatable bonds is 2. The summed E-state index contributed by atoms with van der Waals surface area (Å²) in [5.74, 6) is 0.114. The molecule has 6 heteroatoms. The number of alkyl halides is 2. The van der Waals surface area contributed by atoms with E-state index in [0.29, 0.717) is 15.8 Å². The zero-order valence-corrected chi connectivity index (χ0v) is 8.38. The van der Waals surface area contributed by atoms with Gasteiger partial charge in [0.25, 0.3) is 0 Å². The van der Waals surface area contributed by atoms with Gasteiger partial charge in [-0.1, -0.05) is 0 Å². The van der Waals surface area contributed by atoms with Crippen LogP contribution in [0.3, 0.4) is 0 Å². The van der Waals surface area contributed by atoms with Crippen LogP contribution in [0.2, 0.25) is 0 Å². The van der Waals surface area contributed by atoms with Gasteiger partial charge in [0, 0.05) is 6.07 Å². The molecule has 0 aliphatic carbocycles. The fourth-order valence-corrected chi connectivity index (χ4v) is 1.54. The lowest BCUT2D eigenvalue weighted by molar-refractivity contribution is -0.0497. The molecular weight excluding hydrogens is 258 g/mol. The molecule has 0 aliphatic heterocycles. The van der Waals surface area contributed by atoms with E-state index >= 15 is 0 Å². The lowest BCUT2D eigenvalue weighted by Gasteiger charge is -2.02. The molecule has 0 fully saturated rings. The number of hydrogen-bond acceptors (Lipinski definition) is 2. The van der Waals surface area contributed by atoms with E-state index in [-0.39, 0.29) is 5.75 Å². The maximum absolute atomic E-state index is 11.9. The summed E-state index contributed by atoms with van der Waals surface area (Å²) < 4.78 is 28.5. The highest BCUT2D eigenvalue weighted by Gasteiger charge is 2.06. The van der Waals surface area contributed by atoms with E-state index in [1.54, 1.807) is 6.07 Å². The zero-order chi connectivity index (χ0) is 10.1. The summed E-state index contributed by atoms with van der Waals surface area (Å²) in [6.07, 6.45) is 0. The highest BCUT2D eigenvalue weighted by Crippen LogP contribution is 2.21. The Morgan fingerprint density at radius 3 is 2.93 bits per heavy atom. The number of nitrogens with zero attached hydrogens (tertiary/aromatic N) is 1. The SMILES string of the molecule is FC(F)Oc1ccc2nc(Br)[nH]c2c1. The van der Waals surface area contributed by atoms with Gasteiger partial charge in [-0.05, 0) is 28.1 Å². The first-order valence-electron chi connectivity index (χ1n) is 3.75. The monoisotopic (exact) mass is 262 g/mol. The molecule has 0 unspecified atom stereocenters. The molecule has 3 nitrogen and oxygen atoms in total. The lowest BCUT2D eigenvalue weighted by atomic mass is 10.3. The van der Waals surface area contributed by atoms with Gasteiger partial charge in [-0.15, -0.1) is 0 Å². The third kappa shape index (κ3) is 1.84. The molecule has 74 valence electrons. The van der Waals surface area contributed by atoms with Gasteiger partial charge in [-0.3, -0.25) is 0 Å². The molecule has 0 bridgehead atoms. The molecule has 0 spiro atoms. The number of H-pyrrole nitrogens is 1. The van der Waals surface area contributed by atoms with E-state index in [4.69, 9.17) is 0 Å². The first-order chi connectivity index (χ1) is 6.65. The standard InChI is InChI=1S/C8H5BrF2N2O/c9-7-12-5-2-1-4(14-8(10)11)3-6(5)13-7/h1-3,8H,(H,12,13). The molecule has 0 amide bonds. The van der Waals surface area contributed by atoms with Crippen LogP contribution in [0.15, 0.2) is 22.9 Å². The number of imidazole rings is 1. The number of hydrogen-bond donors (Lipinski definition) is 1. The normalized spacial score (nSPS) is 11.1. The van der Waals surface area contributed by atoms with Crippen molar-refractivity contribution >= 4 is 27.0 Å². The Morgan fingerprint density at radius 2 is 2.21 bits per heavy atom. The van der Waals surface area contributed by atoms with Crippen molar-refractivity contribution in [3.63, 3.8) is 0 Å². The van der Waals surface area contributed by atoms with Gasteiger partial charge in [0.2, 0.25) is 0 Å². The van der Waals surface area contributed by atoms with E-state index in [1.165, 1.54) is 12.1 Å². The second-order valence-electron chi connectivity index (χ2n) is 2.59. The Labute approximate surface area is 86.2 Å². The molecule has 1 heterocycles. The summed E-state index contributed by atoms with van der Waals surface area (Å²) in [5.41, 5.74) is 1.34. The quantitative estimate of drug-likeness (QED) is 0.904. The fraction of sp³-hybridized carbons (Fsp3) is 0.125. The minimum Gasteiger partial charge on any atom is -0.435 e. The molecule has 0 saturated heterocycles. The summed E-state index contributed by atoms with van der Waals surface area (Å²) in [7, 11) is 0. The van der Waals surface area contributed by atoms with Crippen LogP contribution in [0.4, 0.5) is 8.78 Å². The van der Waals surface area contributed by atoms with E-state index in [2.05, 4.69) is 30.6 Å². The highest BCUT2D eigenvalue weighted by atomic mass is 79.9. The third-order valence-electron chi connectivity index (χ3n) is 1.65. The van der Waals surface area contributed by atoms with Crippen molar-refractivity contribution < 1.29 is 13.5 Å². The van der Waals surface area contributed by atoms with Gasteiger partial charge >= 0.3 is 6.61 Å². The number of benzene rings is 1. The maximum atomic E-state index is 11.9. The van der Waals surface area contributed by atoms with Crippen molar-refractivity contribution in [2.24, 2.45) is 0 Å². The molecule has 1 aromatic heterocycles. The molecule has 0 atom stereocenters. The number of ether oxygens (including phenoxy) is 1. The fourth-order valence-electron chi connectivity index (χ4n) is 1.13. The average molecular weight is 263 g/mol. The Morgan fingerprint density at radius 1 is 1.43 bits per heavy atom. The van der Waals surface area contributed by atoms with Gasteiger partial charge in [-0.25, -0.2) is 4.98 Å². The predicted molar refractivity (Wildman–Crippen MR) is 50.4 cm³/mol. The molecule has 1 aromatic carbocycles. The summed E-state index contributed by atoms with van der Waals surface area (Å²) in [5, 5.41) is 0. The van der Waals surface area contributed by atoms with Crippen LogP contribution in [-0.2, 0) is 0 Å². The van der Waals surface area contributed by atoms with E-state index in [1.807, 2.05) is 0 Å². The first kappa shape index (κ1) is 9.39. The second-order valence-corrected chi connectivity index (χ2v) is 3.34. The Balaban J connectivity index is 2.40. The van der Waals surface area contributed by atoms with Crippen LogP contribution in [0, 0.1) is 0 Å². The van der Waals surface area contributed by atoms with E-state index in [0.717, 1.165) is 0 Å². The second kappa shape index (κ2) is 3.53. The largest absolute Gasteiger partial charge is 0.435 e. The number of nitrogens with one attached hydrogen (secondary N) is 1. The van der Waals surface area contributed by atoms with Crippen molar-refractivity contribution in [1.29, 1.82) is 0 Å². The van der Waals surface area contributed by atoms with Gasteiger partial charge in [0.15, 0.2) is 4.73 Å². The number of fused-ring (bicyclic) bond motifs is 1. The molecule has 1 N–H and O–H groups in total. The van der Waals surface area contributed by atoms with Crippen LogP contribution < -0.4 is 4.74 Å². The summed E-state index contributed by atoms with van der Waals surface area (Å²) in [6, 6.07) is 4.52. The highest BCUT2D eigenvalue weighted by molar-refractivity contribution is 9.10. The van der Waals surface area contributed by atoms with Crippen LogP contribution in [0.1, 0.15) is 0 Å². The molecule has 0 aliphatic rings. The molecular formula is C8H5BrF2N2O. The van der Waals surface area contributed by atoms with Crippen molar-refractivity contribution in [3.8, 4) is 5.75 Å². The zero-order valence-electron chi connectivity index (χ0n) is 6.80. The minimum atomic E-state index is -2.81. The maximum Gasteiger partial charge on any atom is 0.387 e. The number of halogens is 3. The third-order valence-corrected chi connectivity index (χ3v) is 2.03. The smallest absolute Gasteiger partial charge is 0.387 e. The van der Waals surface area contributed by atoms with Gasteiger partial charge < -0.3 is 9.72 Å². The van der Waals surface area contributed by atoms with Crippen LogP contribution in [0.25, 0.3) is 11.0 Å². The summed E-state index contributed by atoms with van der Waals surface area (Å²) in [6.45, 7) is -2.81. The van der Waals surface area contributed by atoms with Crippen molar-refractivity contribution in [2.75, 3.05) is 0 Å². The predicted octanol–water partition coefficient (Wildman–Crippen LogP) is 2.93. The summed E-state index contributed by atoms with van der Waals surface area (Å²) in [4.78, 5) is 6.90. The Kier molecular flexibility index (Phi) is 2.37. The molecule has 2 aromatic rings. The molecule has 14 heavy (non-hydrogen) atoms. The first-order valence-corrected chi connectivity index (χ1v) is 4.54. The van der Waals surface area contributed by atoms with E-state index in [9.17, 15) is 8.78 Å². The van der Waals surface area contributed by atoms with Crippen LogP contribution >= 0.6 is 15.9 Å². The number of aromatic nitrogens is 2. The molecule has 0 radical (unpaired) electrons. The van der Waals surface area contributed by atoms with Crippen molar-refractivity contribution in [1.82, 2.24) is 9.97 Å². The van der Waals surface area contributed by atoms with Gasteiger partial charge in [0.05, 0.1) is 11.0 Å². The average Bonchev–Trinajstić information content (AvgIpc) is 2.42. The summed E-state index contributed by atoms with van der Waals surface area (Å²) >= 11 is 3.14. The molecule has 0 saturated carbocycles. The molecule has 2 rings (SSSR count). The van der Waals surface area contributed by atoms with E-state index < -0.39 is 6.61 Å². The minimum absolute atomic E-state index is 0.114. The Bertz CT molecular complexity index is 458. The van der Waals surface area contributed by atoms with Gasteiger partial charge in [-0.2, -0.15) is 8.78 Å². The lowest BCUT2D eigenvalue weighted by Crippen LogP contribution is -2.01. The van der Waals surface area contributed by atoms with Crippen LogP contribution in [-0.4, -0.2) is 16.6 Å². The van der Waals surface area contributed by atoms with Gasteiger partial charge in [0.1, 0.15) is 5.75 Å². The van der Waals surface area contributed by atoms with Crippen molar-refractivity contribution in [3.05, 3.63) is 22.9 Å². The van der Waals surface area contributed by atoms with Crippen molar-refractivity contribution in [2.45, 2.75) is 6.61 Å². The Hall–Kier alpha value is -1.17. The topological polar surface area (TPSA) is 37.9 Å².